The highest BCUT2D eigenvalue weighted by Gasteiger charge is 2.23. The molecular weight excluding hydrogens is 212 g/mol. The summed E-state index contributed by atoms with van der Waals surface area (Å²) in [5.41, 5.74) is 0.201. The van der Waals surface area contributed by atoms with Gasteiger partial charge < -0.3 is 9.84 Å². The minimum Gasteiger partial charge on any atom is -0.494 e. The van der Waals surface area contributed by atoms with Crippen LogP contribution >= 0.6 is 0 Å². The van der Waals surface area contributed by atoms with Gasteiger partial charge in [0.15, 0.2) is 0 Å². The van der Waals surface area contributed by atoms with Gasteiger partial charge >= 0.3 is 0 Å². The summed E-state index contributed by atoms with van der Waals surface area (Å²) < 4.78 is 5.52. The van der Waals surface area contributed by atoms with Crippen LogP contribution in [0.5, 0.6) is 5.75 Å². The molecule has 0 saturated heterocycles. The minimum absolute atomic E-state index is 0.473. The Balaban J connectivity index is 2.72. The van der Waals surface area contributed by atoms with Crippen LogP contribution in [0, 0.1) is 5.92 Å². The van der Waals surface area contributed by atoms with Crippen molar-refractivity contribution in [1.82, 2.24) is 0 Å². The van der Waals surface area contributed by atoms with Crippen LogP contribution in [0.4, 0.5) is 0 Å². The van der Waals surface area contributed by atoms with Crippen molar-refractivity contribution in [3.8, 4) is 5.75 Å². The average Bonchev–Trinajstić information content (AvgIpc) is 2.25. The van der Waals surface area contributed by atoms with E-state index in [1.807, 2.05) is 31.2 Å². The van der Waals surface area contributed by atoms with Crippen molar-refractivity contribution < 1.29 is 9.84 Å². The molecule has 0 aliphatic heterocycles. The number of rotatable bonds is 6. The lowest BCUT2D eigenvalue weighted by Gasteiger charge is -2.26. The molecule has 96 valence electrons. The molecule has 17 heavy (non-hydrogen) atoms. The predicted molar refractivity (Wildman–Crippen MR) is 71.3 cm³/mol. The van der Waals surface area contributed by atoms with Crippen LogP contribution in [0.2, 0.25) is 0 Å². The second kappa shape index (κ2) is 6.06. The van der Waals surface area contributed by atoms with E-state index in [9.17, 15) is 5.11 Å². The fourth-order valence-corrected chi connectivity index (χ4v) is 2.04. The van der Waals surface area contributed by atoms with Gasteiger partial charge in [-0.2, -0.15) is 0 Å². The molecule has 0 radical (unpaired) electrons. The fourth-order valence-electron chi connectivity index (χ4n) is 2.04. The minimum atomic E-state index is -0.753. The van der Waals surface area contributed by atoms with Gasteiger partial charge in [-0.25, -0.2) is 0 Å². The molecule has 2 nitrogen and oxygen atoms in total. The second-order valence-electron chi connectivity index (χ2n) is 5.24. The first-order valence-corrected chi connectivity index (χ1v) is 6.41. The molecular formula is C15H24O2. The lowest BCUT2D eigenvalue weighted by molar-refractivity contribution is 0.0348. The Hall–Kier alpha value is -1.02. The summed E-state index contributed by atoms with van der Waals surface area (Å²) in [6.07, 6.45) is 1.77. The molecule has 0 aliphatic carbocycles. The molecule has 1 unspecified atom stereocenters. The molecule has 0 aliphatic rings. The van der Waals surface area contributed by atoms with E-state index in [1.165, 1.54) is 0 Å². The predicted octanol–water partition coefficient (Wildman–Crippen LogP) is 3.73. The van der Waals surface area contributed by atoms with Crippen molar-refractivity contribution in [2.24, 2.45) is 5.92 Å². The van der Waals surface area contributed by atoms with Crippen molar-refractivity contribution in [3.63, 3.8) is 0 Å². The van der Waals surface area contributed by atoms with Crippen LogP contribution in [-0.4, -0.2) is 11.7 Å². The standard InChI is InChI=1S/C15H24O2/c1-5-10-17-14-8-6-13(7-9-14)15(4,16)11-12(2)3/h6-9,12,16H,5,10-11H2,1-4H3. The highest BCUT2D eigenvalue weighted by atomic mass is 16.5. The van der Waals surface area contributed by atoms with Gasteiger partial charge in [-0.1, -0.05) is 32.9 Å². The van der Waals surface area contributed by atoms with Gasteiger partial charge in [0.2, 0.25) is 0 Å². The highest BCUT2D eigenvalue weighted by Crippen LogP contribution is 2.29. The highest BCUT2D eigenvalue weighted by molar-refractivity contribution is 5.30. The molecule has 1 aromatic rings. The first-order chi connectivity index (χ1) is 7.95. The van der Waals surface area contributed by atoms with E-state index < -0.39 is 5.60 Å². The Labute approximate surface area is 105 Å². The van der Waals surface area contributed by atoms with Crippen LogP contribution in [0.1, 0.15) is 46.1 Å². The van der Waals surface area contributed by atoms with Crippen LogP contribution in [0.3, 0.4) is 0 Å². The number of hydrogen-bond donors (Lipinski definition) is 1. The maximum Gasteiger partial charge on any atom is 0.119 e. The largest absolute Gasteiger partial charge is 0.494 e. The van der Waals surface area contributed by atoms with Crippen LogP contribution < -0.4 is 4.74 Å². The molecule has 0 bridgehead atoms. The summed E-state index contributed by atoms with van der Waals surface area (Å²) in [7, 11) is 0. The van der Waals surface area contributed by atoms with Crippen molar-refractivity contribution in [2.45, 2.75) is 46.1 Å². The van der Waals surface area contributed by atoms with Gasteiger partial charge in [-0.3, -0.25) is 0 Å². The van der Waals surface area contributed by atoms with E-state index >= 15 is 0 Å². The summed E-state index contributed by atoms with van der Waals surface area (Å²) >= 11 is 0. The third kappa shape index (κ3) is 4.39. The van der Waals surface area contributed by atoms with Crippen molar-refractivity contribution in [3.05, 3.63) is 29.8 Å². The lowest BCUT2D eigenvalue weighted by atomic mass is 9.87. The fraction of sp³-hybridized carbons (Fsp3) is 0.600. The van der Waals surface area contributed by atoms with E-state index in [-0.39, 0.29) is 0 Å². The molecule has 0 amide bonds. The number of benzene rings is 1. The zero-order chi connectivity index (χ0) is 12.9. The summed E-state index contributed by atoms with van der Waals surface area (Å²) in [5, 5.41) is 10.4. The maximum atomic E-state index is 10.4. The number of hydrogen-bond acceptors (Lipinski definition) is 2. The van der Waals surface area contributed by atoms with E-state index in [0.717, 1.165) is 30.8 Å². The van der Waals surface area contributed by atoms with E-state index in [2.05, 4.69) is 20.8 Å². The molecule has 1 atom stereocenters. The summed E-state index contributed by atoms with van der Waals surface area (Å²) in [6, 6.07) is 7.76. The SMILES string of the molecule is CCCOc1ccc(C(C)(O)CC(C)C)cc1. The molecule has 2 heteroatoms. The first-order valence-electron chi connectivity index (χ1n) is 6.41. The van der Waals surface area contributed by atoms with Gasteiger partial charge in [0.1, 0.15) is 5.75 Å². The smallest absolute Gasteiger partial charge is 0.119 e. The molecule has 1 aromatic carbocycles. The van der Waals surface area contributed by atoms with Crippen LogP contribution in [-0.2, 0) is 5.60 Å². The summed E-state index contributed by atoms with van der Waals surface area (Å²) in [6.45, 7) is 8.93. The first kappa shape index (κ1) is 14.0. The Morgan fingerprint density at radius 3 is 2.29 bits per heavy atom. The lowest BCUT2D eigenvalue weighted by Crippen LogP contribution is -2.23. The second-order valence-corrected chi connectivity index (χ2v) is 5.24. The van der Waals surface area contributed by atoms with Gasteiger partial charge in [-0.05, 0) is 43.4 Å². The monoisotopic (exact) mass is 236 g/mol. The van der Waals surface area contributed by atoms with Crippen LogP contribution in [0.15, 0.2) is 24.3 Å². The van der Waals surface area contributed by atoms with Crippen molar-refractivity contribution >= 4 is 0 Å². The molecule has 0 fully saturated rings. The summed E-state index contributed by atoms with van der Waals surface area (Å²) in [5.74, 6) is 1.34. The van der Waals surface area contributed by atoms with E-state index in [0.29, 0.717) is 5.92 Å². The van der Waals surface area contributed by atoms with E-state index in [1.54, 1.807) is 0 Å². The summed E-state index contributed by atoms with van der Waals surface area (Å²) in [4.78, 5) is 0. The topological polar surface area (TPSA) is 29.5 Å². The van der Waals surface area contributed by atoms with Crippen molar-refractivity contribution in [1.29, 1.82) is 0 Å². The molecule has 1 rings (SSSR count). The van der Waals surface area contributed by atoms with Gasteiger partial charge in [0, 0.05) is 0 Å². The van der Waals surface area contributed by atoms with E-state index in [4.69, 9.17) is 4.74 Å². The normalized spacial score (nSPS) is 14.7. The average molecular weight is 236 g/mol. The zero-order valence-electron chi connectivity index (χ0n) is 11.4. The van der Waals surface area contributed by atoms with Gasteiger partial charge in [0.25, 0.3) is 0 Å². The molecule has 0 spiro atoms. The zero-order valence-corrected chi connectivity index (χ0v) is 11.4. The van der Waals surface area contributed by atoms with Crippen LogP contribution in [0.25, 0.3) is 0 Å². The molecule has 0 saturated carbocycles. The third-order valence-corrected chi connectivity index (χ3v) is 2.75. The quantitative estimate of drug-likeness (QED) is 0.815. The Bertz CT molecular complexity index is 325. The number of ether oxygens (including phenoxy) is 1. The third-order valence-electron chi connectivity index (χ3n) is 2.75. The van der Waals surface area contributed by atoms with Gasteiger partial charge in [-0.15, -0.1) is 0 Å². The Morgan fingerprint density at radius 1 is 1.24 bits per heavy atom. The van der Waals surface area contributed by atoms with Crippen molar-refractivity contribution in [2.75, 3.05) is 6.61 Å². The van der Waals surface area contributed by atoms with Gasteiger partial charge in [0.05, 0.1) is 12.2 Å². The molecule has 1 N–H and O–H groups in total. The maximum absolute atomic E-state index is 10.4. The Morgan fingerprint density at radius 2 is 1.82 bits per heavy atom. The number of aliphatic hydroxyl groups is 1. The molecule has 0 aromatic heterocycles. The Kier molecular flexibility index (Phi) is 5.01. The molecule has 0 heterocycles.